The molecule has 0 unspecified atom stereocenters. The molecule has 1 heterocycles. The summed E-state index contributed by atoms with van der Waals surface area (Å²) < 4.78 is 0. The molecule has 0 atom stereocenters. The Kier molecular flexibility index (Phi) is 4.16. The van der Waals surface area contributed by atoms with Gasteiger partial charge in [0.05, 0.1) is 11.3 Å². The SMILES string of the molecule is Cc1nnc(SCc2ccccc2)c(C(=N)N)c1C. The van der Waals surface area contributed by atoms with E-state index in [9.17, 15) is 0 Å². The lowest BCUT2D eigenvalue weighted by Crippen LogP contribution is -2.16. The zero-order valence-corrected chi connectivity index (χ0v) is 11.8. The highest BCUT2D eigenvalue weighted by Crippen LogP contribution is 2.26. The number of hydrogen-bond donors (Lipinski definition) is 2. The van der Waals surface area contributed by atoms with Crippen LogP contribution in [0.25, 0.3) is 0 Å². The number of nitrogens with zero attached hydrogens (tertiary/aromatic N) is 2. The van der Waals surface area contributed by atoms with Crippen LogP contribution in [-0.2, 0) is 5.75 Å². The van der Waals surface area contributed by atoms with E-state index in [2.05, 4.69) is 22.3 Å². The van der Waals surface area contributed by atoms with Gasteiger partial charge >= 0.3 is 0 Å². The summed E-state index contributed by atoms with van der Waals surface area (Å²) in [6.45, 7) is 3.80. The third-order valence-electron chi connectivity index (χ3n) is 2.91. The standard InChI is InChI=1S/C14H16N4S/c1-9-10(2)17-18-14(12(9)13(15)16)19-8-11-6-4-3-5-7-11/h3-7H,8H2,1-2H3,(H3,15,16). The Balaban J connectivity index is 2.26. The normalized spacial score (nSPS) is 10.4. The maximum Gasteiger partial charge on any atom is 0.130 e. The molecule has 2 aromatic rings. The van der Waals surface area contributed by atoms with Crippen molar-refractivity contribution in [1.82, 2.24) is 10.2 Å². The quantitative estimate of drug-likeness (QED) is 0.509. The van der Waals surface area contributed by atoms with Crippen LogP contribution in [0.15, 0.2) is 35.4 Å². The summed E-state index contributed by atoms with van der Waals surface area (Å²) in [5.74, 6) is 0.837. The van der Waals surface area contributed by atoms with Gasteiger partial charge in [-0.1, -0.05) is 42.1 Å². The molecule has 5 heteroatoms. The lowest BCUT2D eigenvalue weighted by Gasteiger charge is -2.10. The molecule has 1 aromatic carbocycles. The van der Waals surface area contributed by atoms with Gasteiger partial charge in [0.25, 0.3) is 0 Å². The van der Waals surface area contributed by atoms with E-state index in [1.807, 2.05) is 32.0 Å². The predicted molar refractivity (Wildman–Crippen MR) is 78.5 cm³/mol. The Labute approximate surface area is 117 Å². The number of aromatic nitrogens is 2. The van der Waals surface area contributed by atoms with E-state index in [0.717, 1.165) is 22.0 Å². The minimum atomic E-state index is 0.0473. The molecular formula is C14H16N4S. The van der Waals surface area contributed by atoms with Crippen LogP contribution in [0.1, 0.15) is 22.4 Å². The second kappa shape index (κ2) is 5.84. The van der Waals surface area contributed by atoms with Gasteiger partial charge in [-0.05, 0) is 25.0 Å². The summed E-state index contributed by atoms with van der Waals surface area (Å²) in [4.78, 5) is 0. The molecule has 0 spiro atoms. The Hall–Kier alpha value is -1.88. The number of amidine groups is 1. The van der Waals surface area contributed by atoms with E-state index in [0.29, 0.717) is 5.56 Å². The van der Waals surface area contributed by atoms with E-state index in [1.165, 1.54) is 5.56 Å². The third kappa shape index (κ3) is 3.12. The molecule has 19 heavy (non-hydrogen) atoms. The molecule has 0 radical (unpaired) electrons. The van der Waals surface area contributed by atoms with Crippen molar-refractivity contribution in [2.75, 3.05) is 0 Å². The average Bonchev–Trinajstić information content (AvgIpc) is 2.41. The Morgan fingerprint density at radius 2 is 1.89 bits per heavy atom. The molecule has 0 aliphatic carbocycles. The monoisotopic (exact) mass is 272 g/mol. The molecule has 0 saturated carbocycles. The van der Waals surface area contributed by atoms with Crippen molar-refractivity contribution in [3.8, 4) is 0 Å². The number of benzene rings is 1. The number of nitrogens with two attached hydrogens (primary N) is 1. The highest BCUT2D eigenvalue weighted by atomic mass is 32.2. The molecule has 0 amide bonds. The van der Waals surface area contributed by atoms with Crippen molar-refractivity contribution in [3.05, 3.63) is 52.7 Å². The lowest BCUT2D eigenvalue weighted by atomic mass is 10.1. The summed E-state index contributed by atoms with van der Waals surface area (Å²) in [6.07, 6.45) is 0. The van der Waals surface area contributed by atoms with Gasteiger partial charge in [-0.2, -0.15) is 5.10 Å². The molecule has 4 nitrogen and oxygen atoms in total. The maximum atomic E-state index is 7.69. The van der Waals surface area contributed by atoms with E-state index in [-0.39, 0.29) is 5.84 Å². The molecular weight excluding hydrogens is 256 g/mol. The summed E-state index contributed by atoms with van der Waals surface area (Å²) in [5.41, 5.74) is 9.31. The summed E-state index contributed by atoms with van der Waals surface area (Å²) in [7, 11) is 0. The van der Waals surface area contributed by atoms with Gasteiger partial charge in [-0.15, -0.1) is 5.10 Å². The van der Waals surface area contributed by atoms with Gasteiger partial charge in [-0.25, -0.2) is 0 Å². The van der Waals surface area contributed by atoms with E-state index in [1.54, 1.807) is 11.8 Å². The Bertz CT molecular complexity index is 596. The van der Waals surface area contributed by atoms with Crippen LogP contribution in [-0.4, -0.2) is 16.0 Å². The number of rotatable bonds is 4. The average molecular weight is 272 g/mol. The van der Waals surface area contributed by atoms with Gasteiger partial charge in [0.2, 0.25) is 0 Å². The van der Waals surface area contributed by atoms with Crippen LogP contribution in [0, 0.1) is 19.3 Å². The molecule has 0 aliphatic heterocycles. The summed E-state index contributed by atoms with van der Waals surface area (Å²) in [6, 6.07) is 10.1. The first-order valence-corrected chi connectivity index (χ1v) is 6.93. The second-order valence-electron chi connectivity index (χ2n) is 4.28. The second-order valence-corrected chi connectivity index (χ2v) is 5.24. The van der Waals surface area contributed by atoms with Crippen LogP contribution < -0.4 is 5.73 Å². The van der Waals surface area contributed by atoms with Crippen molar-refractivity contribution in [1.29, 1.82) is 5.41 Å². The molecule has 98 valence electrons. The van der Waals surface area contributed by atoms with E-state index < -0.39 is 0 Å². The first-order valence-electron chi connectivity index (χ1n) is 5.94. The first kappa shape index (κ1) is 13.5. The van der Waals surface area contributed by atoms with Crippen LogP contribution in [0.5, 0.6) is 0 Å². The fraction of sp³-hybridized carbons (Fsp3) is 0.214. The van der Waals surface area contributed by atoms with Crippen LogP contribution in [0.3, 0.4) is 0 Å². The molecule has 0 saturated heterocycles. The smallest absolute Gasteiger partial charge is 0.130 e. The minimum absolute atomic E-state index is 0.0473. The molecule has 0 fully saturated rings. The van der Waals surface area contributed by atoms with Crippen LogP contribution in [0.4, 0.5) is 0 Å². The molecule has 0 bridgehead atoms. The molecule has 1 aromatic heterocycles. The number of thioether (sulfide) groups is 1. The lowest BCUT2D eigenvalue weighted by molar-refractivity contribution is 0.872. The van der Waals surface area contributed by atoms with Crippen molar-refractivity contribution in [2.45, 2.75) is 24.6 Å². The Morgan fingerprint density at radius 3 is 2.53 bits per heavy atom. The van der Waals surface area contributed by atoms with Crippen molar-refractivity contribution in [3.63, 3.8) is 0 Å². The van der Waals surface area contributed by atoms with E-state index >= 15 is 0 Å². The van der Waals surface area contributed by atoms with Crippen LogP contribution in [0.2, 0.25) is 0 Å². The van der Waals surface area contributed by atoms with Gasteiger partial charge in [0.15, 0.2) is 0 Å². The van der Waals surface area contributed by atoms with Crippen LogP contribution >= 0.6 is 11.8 Å². The Morgan fingerprint density at radius 1 is 1.21 bits per heavy atom. The van der Waals surface area contributed by atoms with Gasteiger partial charge in [0.1, 0.15) is 10.9 Å². The van der Waals surface area contributed by atoms with Gasteiger partial charge in [-0.3, -0.25) is 5.41 Å². The van der Waals surface area contributed by atoms with Crippen molar-refractivity contribution in [2.24, 2.45) is 5.73 Å². The van der Waals surface area contributed by atoms with Gasteiger partial charge < -0.3 is 5.73 Å². The fourth-order valence-corrected chi connectivity index (χ4v) is 2.73. The number of hydrogen-bond acceptors (Lipinski definition) is 4. The summed E-state index contributed by atoms with van der Waals surface area (Å²) >= 11 is 1.56. The third-order valence-corrected chi connectivity index (χ3v) is 3.95. The highest BCUT2D eigenvalue weighted by Gasteiger charge is 2.14. The van der Waals surface area contributed by atoms with E-state index in [4.69, 9.17) is 11.1 Å². The van der Waals surface area contributed by atoms with Crippen molar-refractivity contribution < 1.29 is 0 Å². The fourth-order valence-electron chi connectivity index (χ4n) is 1.73. The van der Waals surface area contributed by atoms with Gasteiger partial charge in [0, 0.05) is 5.75 Å². The first-order chi connectivity index (χ1) is 9.09. The number of nitrogens with one attached hydrogen (secondary N) is 1. The molecule has 2 rings (SSSR count). The number of nitrogen functional groups attached to an aromatic ring is 1. The zero-order valence-electron chi connectivity index (χ0n) is 11.0. The zero-order chi connectivity index (χ0) is 13.8. The molecule has 0 aliphatic rings. The molecule has 3 N–H and O–H groups in total. The van der Waals surface area contributed by atoms with Crippen molar-refractivity contribution >= 4 is 17.6 Å². The topological polar surface area (TPSA) is 75.7 Å². The minimum Gasteiger partial charge on any atom is -0.384 e. The highest BCUT2D eigenvalue weighted by molar-refractivity contribution is 7.98. The largest absolute Gasteiger partial charge is 0.384 e. The number of aryl methyl sites for hydroxylation is 1. The predicted octanol–water partition coefficient (Wildman–Crippen LogP) is 2.67. The summed E-state index contributed by atoms with van der Waals surface area (Å²) in [5, 5.41) is 16.7. The maximum absolute atomic E-state index is 7.69.